The van der Waals surface area contributed by atoms with Crippen LogP contribution in [-0.4, -0.2) is 29.0 Å². The van der Waals surface area contributed by atoms with Crippen LogP contribution in [0.5, 0.6) is 0 Å². The van der Waals surface area contributed by atoms with Crippen LogP contribution in [0, 0.1) is 0 Å². The van der Waals surface area contributed by atoms with Gasteiger partial charge in [0, 0.05) is 6.04 Å². The molecule has 94 valence electrons. The van der Waals surface area contributed by atoms with E-state index in [1.807, 2.05) is 11.8 Å². The Kier molecular flexibility index (Phi) is 5.41. The van der Waals surface area contributed by atoms with Crippen molar-refractivity contribution in [3.63, 3.8) is 0 Å². The first kappa shape index (κ1) is 14.1. The smallest absolute Gasteiger partial charge is 0.240 e. The summed E-state index contributed by atoms with van der Waals surface area (Å²) in [5, 5.41) is 3.12. The summed E-state index contributed by atoms with van der Waals surface area (Å²) in [4.78, 5) is 12.0. The normalized spacial score (nSPS) is 24.8. The molecule has 2 rings (SSSR count). The Morgan fingerprint density at radius 2 is 1.81 bits per heavy atom. The van der Waals surface area contributed by atoms with Crippen molar-refractivity contribution in [1.29, 1.82) is 0 Å². The molecule has 0 radical (unpaired) electrons. The van der Waals surface area contributed by atoms with Gasteiger partial charge in [-0.1, -0.05) is 12.8 Å². The number of thioether (sulfide) groups is 1. The van der Waals surface area contributed by atoms with Gasteiger partial charge in [0.25, 0.3) is 0 Å². The largest absolute Gasteiger partial charge is 0.352 e. The van der Waals surface area contributed by atoms with Crippen LogP contribution in [0.3, 0.4) is 0 Å². The average Bonchev–Trinajstić information content (AvgIpc) is 2.68. The molecule has 0 aromatic heterocycles. The van der Waals surface area contributed by atoms with Crippen LogP contribution in [0.25, 0.3) is 0 Å². The minimum absolute atomic E-state index is 0. The van der Waals surface area contributed by atoms with Gasteiger partial charge in [-0.3, -0.25) is 4.79 Å². The summed E-state index contributed by atoms with van der Waals surface area (Å²) in [7, 11) is 0. The molecule has 3 nitrogen and oxygen atoms in total. The minimum Gasteiger partial charge on any atom is -0.352 e. The fourth-order valence-electron chi connectivity index (χ4n) is 2.40. The number of carbonyl (C=O) groups excluding carboxylic acids is 1. The molecule has 1 aliphatic heterocycles. The number of amides is 1. The van der Waals surface area contributed by atoms with Gasteiger partial charge in [0.2, 0.25) is 5.91 Å². The topological polar surface area (TPSA) is 55.1 Å². The minimum atomic E-state index is -0.551. The molecule has 2 aliphatic rings. The van der Waals surface area contributed by atoms with E-state index in [0.29, 0.717) is 6.04 Å². The van der Waals surface area contributed by atoms with E-state index in [4.69, 9.17) is 5.73 Å². The Labute approximate surface area is 108 Å². The highest BCUT2D eigenvalue weighted by atomic mass is 35.5. The van der Waals surface area contributed by atoms with E-state index in [1.54, 1.807) is 0 Å². The molecule has 1 saturated heterocycles. The van der Waals surface area contributed by atoms with E-state index in [-0.39, 0.29) is 18.3 Å². The SMILES string of the molecule is Cl.NC1(C(=O)NC2CCSCC2)CCCC1. The van der Waals surface area contributed by atoms with E-state index in [1.165, 1.54) is 11.5 Å². The second-order valence-electron chi connectivity index (χ2n) is 4.72. The molecule has 0 unspecified atom stereocenters. The van der Waals surface area contributed by atoms with Crippen molar-refractivity contribution in [2.45, 2.75) is 50.1 Å². The number of hydrogen-bond acceptors (Lipinski definition) is 3. The Balaban J connectivity index is 0.00000128. The van der Waals surface area contributed by atoms with Crippen LogP contribution >= 0.6 is 24.2 Å². The zero-order chi connectivity index (χ0) is 10.7. The summed E-state index contributed by atoms with van der Waals surface area (Å²) in [6, 6.07) is 0.375. The predicted octanol–water partition coefficient (Wildman–Crippen LogP) is 1.69. The summed E-state index contributed by atoms with van der Waals surface area (Å²) in [6.07, 6.45) is 6.13. The van der Waals surface area contributed by atoms with Crippen molar-refractivity contribution in [1.82, 2.24) is 5.32 Å². The standard InChI is InChI=1S/C11H20N2OS.ClH/c12-11(5-1-2-6-11)10(14)13-9-3-7-15-8-4-9;/h9H,1-8,12H2,(H,13,14);1H. The van der Waals surface area contributed by atoms with Crippen molar-refractivity contribution in [3.05, 3.63) is 0 Å². The number of nitrogens with one attached hydrogen (secondary N) is 1. The lowest BCUT2D eigenvalue weighted by atomic mass is 9.97. The molecule has 2 fully saturated rings. The molecule has 3 N–H and O–H groups in total. The number of carbonyl (C=O) groups is 1. The highest BCUT2D eigenvalue weighted by molar-refractivity contribution is 7.99. The van der Waals surface area contributed by atoms with Crippen LogP contribution < -0.4 is 11.1 Å². The van der Waals surface area contributed by atoms with Gasteiger partial charge in [0.15, 0.2) is 0 Å². The number of hydrogen-bond donors (Lipinski definition) is 2. The van der Waals surface area contributed by atoms with Gasteiger partial charge in [0.1, 0.15) is 0 Å². The van der Waals surface area contributed by atoms with E-state index >= 15 is 0 Å². The summed E-state index contributed by atoms with van der Waals surface area (Å²) in [5.41, 5.74) is 5.55. The van der Waals surface area contributed by atoms with Gasteiger partial charge in [-0.2, -0.15) is 11.8 Å². The van der Waals surface area contributed by atoms with Gasteiger partial charge >= 0.3 is 0 Å². The van der Waals surface area contributed by atoms with Crippen LogP contribution in [0.15, 0.2) is 0 Å². The lowest BCUT2D eigenvalue weighted by Gasteiger charge is -2.28. The predicted molar refractivity (Wildman–Crippen MR) is 71.1 cm³/mol. The number of nitrogens with two attached hydrogens (primary N) is 1. The Bertz CT molecular complexity index is 238. The fraction of sp³-hybridized carbons (Fsp3) is 0.909. The molecular weight excluding hydrogens is 244 g/mol. The molecule has 5 heteroatoms. The molecule has 16 heavy (non-hydrogen) atoms. The number of rotatable bonds is 2. The Morgan fingerprint density at radius 1 is 1.25 bits per heavy atom. The van der Waals surface area contributed by atoms with Gasteiger partial charge in [-0.25, -0.2) is 0 Å². The lowest BCUT2D eigenvalue weighted by Crippen LogP contribution is -2.54. The second kappa shape index (κ2) is 6.12. The molecule has 0 spiro atoms. The van der Waals surface area contributed by atoms with Gasteiger partial charge in [-0.05, 0) is 37.2 Å². The van der Waals surface area contributed by atoms with Crippen LogP contribution in [0.2, 0.25) is 0 Å². The molecule has 1 heterocycles. The van der Waals surface area contributed by atoms with E-state index in [0.717, 1.165) is 38.5 Å². The second-order valence-corrected chi connectivity index (χ2v) is 5.95. The first-order valence-corrected chi connectivity index (χ1v) is 7.04. The lowest BCUT2D eigenvalue weighted by molar-refractivity contribution is -0.126. The summed E-state index contributed by atoms with van der Waals surface area (Å²) in [6.45, 7) is 0. The molecule has 1 saturated carbocycles. The monoisotopic (exact) mass is 264 g/mol. The molecule has 0 aromatic rings. The van der Waals surface area contributed by atoms with Gasteiger partial charge < -0.3 is 11.1 Å². The third-order valence-electron chi connectivity index (χ3n) is 3.50. The van der Waals surface area contributed by atoms with Crippen LogP contribution in [0.4, 0.5) is 0 Å². The highest BCUT2D eigenvalue weighted by Gasteiger charge is 2.37. The molecule has 0 aromatic carbocycles. The van der Waals surface area contributed by atoms with E-state index in [2.05, 4.69) is 5.32 Å². The first-order valence-electron chi connectivity index (χ1n) is 5.88. The zero-order valence-corrected chi connectivity index (χ0v) is 11.2. The maximum absolute atomic E-state index is 12.0. The van der Waals surface area contributed by atoms with Crippen molar-refractivity contribution < 1.29 is 4.79 Å². The van der Waals surface area contributed by atoms with Crippen molar-refractivity contribution >= 4 is 30.1 Å². The average molecular weight is 265 g/mol. The summed E-state index contributed by atoms with van der Waals surface area (Å²) in [5.74, 6) is 2.43. The van der Waals surface area contributed by atoms with Crippen molar-refractivity contribution in [2.24, 2.45) is 5.73 Å². The molecule has 0 atom stereocenters. The molecule has 0 bridgehead atoms. The maximum Gasteiger partial charge on any atom is 0.240 e. The summed E-state index contributed by atoms with van der Waals surface area (Å²) < 4.78 is 0. The quantitative estimate of drug-likeness (QED) is 0.798. The van der Waals surface area contributed by atoms with E-state index in [9.17, 15) is 4.79 Å². The Hall–Kier alpha value is 0.0700. The Morgan fingerprint density at radius 3 is 2.38 bits per heavy atom. The van der Waals surface area contributed by atoms with Gasteiger partial charge in [0.05, 0.1) is 5.54 Å². The molecular formula is C11H21ClN2OS. The third kappa shape index (κ3) is 3.28. The third-order valence-corrected chi connectivity index (χ3v) is 4.55. The first-order chi connectivity index (χ1) is 7.21. The number of halogens is 1. The van der Waals surface area contributed by atoms with Crippen molar-refractivity contribution in [2.75, 3.05) is 11.5 Å². The highest BCUT2D eigenvalue weighted by Crippen LogP contribution is 2.28. The maximum atomic E-state index is 12.0. The van der Waals surface area contributed by atoms with Gasteiger partial charge in [-0.15, -0.1) is 12.4 Å². The molecule has 1 amide bonds. The van der Waals surface area contributed by atoms with Crippen LogP contribution in [0.1, 0.15) is 38.5 Å². The molecule has 1 aliphatic carbocycles. The van der Waals surface area contributed by atoms with Crippen LogP contribution in [-0.2, 0) is 4.79 Å². The fourth-order valence-corrected chi connectivity index (χ4v) is 3.51. The van der Waals surface area contributed by atoms with Crippen molar-refractivity contribution in [3.8, 4) is 0 Å². The zero-order valence-electron chi connectivity index (χ0n) is 9.54. The summed E-state index contributed by atoms with van der Waals surface area (Å²) >= 11 is 1.97. The van der Waals surface area contributed by atoms with E-state index < -0.39 is 5.54 Å².